The number of aryl methyl sites for hydroxylation is 1. The minimum atomic E-state index is 0.0143. The lowest BCUT2D eigenvalue weighted by molar-refractivity contribution is 0.0615. The molecule has 7 nitrogen and oxygen atoms in total. The summed E-state index contributed by atoms with van der Waals surface area (Å²) in [6.07, 6.45) is 5.46. The summed E-state index contributed by atoms with van der Waals surface area (Å²) >= 11 is 0. The van der Waals surface area contributed by atoms with Crippen molar-refractivity contribution in [2.45, 2.75) is 0 Å². The predicted molar refractivity (Wildman–Crippen MR) is 82.0 cm³/mol. The van der Waals surface area contributed by atoms with E-state index >= 15 is 0 Å². The maximum atomic E-state index is 12.8. The van der Waals surface area contributed by atoms with Crippen molar-refractivity contribution in [3.05, 3.63) is 36.3 Å². The molecule has 1 saturated heterocycles. The van der Waals surface area contributed by atoms with Crippen LogP contribution >= 0.6 is 0 Å². The highest BCUT2D eigenvalue weighted by Gasteiger charge is 2.25. The second-order valence-electron chi connectivity index (χ2n) is 5.45. The molecule has 1 fully saturated rings. The number of aromatic nitrogens is 3. The van der Waals surface area contributed by atoms with Crippen LogP contribution in [0.5, 0.6) is 0 Å². The highest BCUT2D eigenvalue weighted by atomic mass is 16.3. The topological polar surface area (TPSA) is 66.5 Å². The van der Waals surface area contributed by atoms with E-state index in [9.17, 15) is 4.79 Å². The van der Waals surface area contributed by atoms with Crippen LogP contribution in [0.1, 0.15) is 10.4 Å². The molecule has 3 rings (SSSR count). The molecule has 2 aromatic heterocycles. The minimum absolute atomic E-state index is 0.0143. The van der Waals surface area contributed by atoms with Gasteiger partial charge >= 0.3 is 0 Å². The van der Waals surface area contributed by atoms with E-state index in [-0.39, 0.29) is 12.5 Å². The van der Waals surface area contributed by atoms with Crippen LogP contribution in [0.2, 0.25) is 0 Å². The molecular formula is C15H21N5O2. The van der Waals surface area contributed by atoms with Crippen molar-refractivity contribution >= 4 is 5.91 Å². The molecule has 2 aromatic rings. The fourth-order valence-electron chi connectivity index (χ4n) is 2.85. The number of nitrogens with zero attached hydrogens (tertiary/aromatic N) is 5. The molecule has 0 bridgehead atoms. The first kappa shape index (κ1) is 14.8. The molecule has 1 amide bonds. The Labute approximate surface area is 129 Å². The number of aliphatic hydroxyl groups is 1. The molecule has 0 spiro atoms. The van der Waals surface area contributed by atoms with E-state index in [1.54, 1.807) is 10.9 Å². The zero-order valence-electron chi connectivity index (χ0n) is 12.7. The lowest BCUT2D eigenvalue weighted by Gasteiger charge is -2.34. The average Bonchev–Trinajstić information content (AvgIpc) is 3.16. The van der Waals surface area contributed by atoms with E-state index in [1.807, 2.05) is 41.0 Å². The summed E-state index contributed by atoms with van der Waals surface area (Å²) in [6.45, 7) is 3.78. The Bertz CT molecular complexity index is 626. The number of carbonyl (C=O) groups is 1. The zero-order valence-corrected chi connectivity index (χ0v) is 12.7. The highest BCUT2D eigenvalue weighted by molar-refractivity contribution is 5.97. The Morgan fingerprint density at radius 2 is 1.91 bits per heavy atom. The molecule has 1 N–H and O–H groups in total. The van der Waals surface area contributed by atoms with Gasteiger partial charge < -0.3 is 14.6 Å². The SMILES string of the molecule is Cn1ncc(C(=O)N2CCN(CCO)CC2)c1-n1cccc1. The standard InChI is InChI=1S/C15H21N5O2/c1-17-14(19-4-2-3-5-19)13(12-16-17)15(22)20-8-6-18(7-9-20)10-11-21/h2-5,12,21H,6-11H2,1H3. The fraction of sp³-hybridized carbons (Fsp3) is 0.467. The quantitative estimate of drug-likeness (QED) is 0.861. The lowest BCUT2D eigenvalue weighted by atomic mass is 10.2. The first-order chi connectivity index (χ1) is 10.7. The smallest absolute Gasteiger partial charge is 0.259 e. The van der Waals surface area contributed by atoms with Crippen molar-refractivity contribution in [3.8, 4) is 5.82 Å². The lowest BCUT2D eigenvalue weighted by Crippen LogP contribution is -2.49. The normalized spacial score (nSPS) is 16.2. The molecular weight excluding hydrogens is 282 g/mol. The van der Waals surface area contributed by atoms with Crippen molar-refractivity contribution < 1.29 is 9.90 Å². The van der Waals surface area contributed by atoms with Gasteiger partial charge in [0.25, 0.3) is 5.91 Å². The van der Waals surface area contributed by atoms with E-state index < -0.39 is 0 Å². The second kappa shape index (κ2) is 6.33. The Kier molecular flexibility index (Phi) is 4.26. The van der Waals surface area contributed by atoms with Crippen molar-refractivity contribution in [1.82, 2.24) is 24.1 Å². The van der Waals surface area contributed by atoms with Gasteiger partial charge in [-0.15, -0.1) is 0 Å². The van der Waals surface area contributed by atoms with Crippen LogP contribution in [0.15, 0.2) is 30.7 Å². The number of hydrogen-bond acceptors (Lipinski definition) is 4. The van der Waals surface area contributed by atoms with Crippen molar-refractivity contribution in [3.63, 3.8) is 0 Å². The molecule has 0 unspecified atom stereocenters. The molecule has 0 atom stereocenters. The Hall–Kier alpha value is -2.12. The maximum Gasteiger partial charge on any atom is 0.259 e. The molecule has 1 aliphatic heterocycles. The van der Waals surface area contributed by atoms with E-state index in [4.69, 9.17) is 5.11 Å². The van der Waals surface area contributed by atoms with Gasteiger partial charge in [-0.3, -0.25) is 14.4 Å². The third-order valence-corrected chi connectivity index (χ3v) is 4.06. The fourth-order valence-corrected chi connectivity index (χ4v) is 2.85. The van der Waals surface area contributed by atoms with Crippen molar-refractivity contribution in [2.75, 3.05) is 39.3 Å². The van der Waals surface area contributed by atoms with Crippen LogP contribution in [0.3, 0.4) is 0 Å². The Morgan fingerprint density at radius 3 is 2.55 bits per heavy atom. The van der Waals surface area contributed by atoms with Crippen molar-refractivity contribution in [1.29, 1.82) is 0 Å². The largest absolute Gasteiger partial charge is 0.395 e. The Morgan fingerprint density at radius 1 is 1.23 bits per heavy atom. The summed E-state index contributed by atoms with van der Waals surface area (Å²) < 4.78 is 3.62. The molecule has 118 valence electrons. The summed E-state index contributed by atoms with van der Waals surface area (Å²) in [7, 11) is 1.84. The molecule has 7 heteroatoms. The molecule has 0 aliphatic carbocycles. The highest BCUT2D eigenvalue weighted by Crippen LogP contribution is 2.17. The third kappa shape index (κ3) is 2.77. The summed E-state index contributed by atoms with van der Waals surface area (Å²) in [5.74, 6) is 0.799. The van der Waals surface area contributed by atoms with Crippen LogP contribution in [-0.4, -0.2) is 74.5 Å². The molecule has 22 heavy (non-hydrogen) atoms. The number of amides is 1. The molecule has 0 radical (unpaired) electrons. The predicted octanol–water partition coefficient (Wildman–Crippen LogP) is -0.0391. The van der Waals surface area contributed by atoms with Gasteiger partial charge in [0, 0.05) is 52.2 Å². The Balaban J connectivity index is 1.77. The number of aliphatic hydroxyl groups excluding tert-OH is 1. The van der Waals surface area contributed by atoms with Gasteiger partial charge in [0.2, 0.25) is 0 Å². The van der Waals surface area contributed by atoms with Gasteiger partial charge in [-0.2, -0.15) is 5.10 Å². The van der Waals surface area contributed by atoms with Crippen LogP contribution < -0.4 is 0 Å². The van der Waals surface area contributed by atoms with Crippen molar-refractivity contribution in [2.24, 2.45) is 7.05 Å². The van der Waals surface area contributed by atoms with Gasteiger partial charge in [0.1, 0.15) is 11.4 Å². The summed E-state index contributed by atoms with van der Waals surface area (Å²) in [5, 5.41) is 13.2. The number of hydrogen-bond donors (Lipinski definition) is 1. The first-order valence-corrected chi connectivity index (χ1v) is 7.48. The zero-order chi connectivity index (χ0) is 15.5. The molecule has 3 heterocycles. The number of β-amino-alcohol motifs (C(OH)–C–C–N with tert-alkyl or cyclic N) is 1. The third-order valence-electron chi connectivity index (χ3n) is 4.06. The van der Waals surface area contributed by atoms with Gasteiger partial charge in [0.05, 0.1) is 12.8 Å². The number of rotatable bonds is 4. The summed E-state index contributed by atoms with van der Waals surface area (Å²) in [5.41, 5.74) is 0.620. The molecule has 0 aromatic carbocycles. The monoisotopic (exact) mass is 303 g/mol. The van der Waals surface area contributed by atoms with E-state index in [0.29, 0.717) is 25.2 Å². The minimum Gasteiger partial charge on any atom is -0.395 e. The molecule has 1 aliphatic rings. The van der Waals surface area contributed by atoms with E-state index in [2.05, 4.69) is 10.00 Å². The van der Waals surface area contributed by atoms with Crippen LogP contribution in [-0.2, 0) is 7.05 Å². The second-order valence-corrected chi connectivity index (χ2v) is 5.45. The number of carbonyl (C=O) groups excluding carboxylic acids is 1. The van der Waals surface area contributed by atoms with Crippen LogP contribution in [0, 0.1) is 0 Å². The average molecular weight is 303 g/mol. The molecule has 0 saturated carbocycles. The van der Waals surface area contributed by atoms with Crippen LogP contribution in [0.25, 0.3) is 5.82 Å². The summed E-state index contributed by atoms with van der Waals surface area (Å²) in [4.78, 5) is 16.8. The number of piperazine rings is 1. The summed E-state index contributed by atoms with van der Waals surface area (Å²) in [6, 6.07) is 3.85. The van der Waals surface area contributed by atoms with Gasteiger partial charge in [-0.1, -0.05) is 0 Å². The van der Waals surface area contributed by atoms with Gasteiger partial charge in [-0.05, 0) is 12.1 Å². The first-order valence-electron chi connectivity index (χ1n) is 7.48. The van der Waals surface area contributed by atoms with E-state index in [1.165, 1.54) is 0 Å². The maximum absolute atomic E-state index is 12.8. The van der Waals surface area contributed by atoms with Gasteiger partial charge in [0.15, 0.2) is 0 Å². The van der Waals surface area contributed by atoms with E-state index in [0.717, 1.165) is 18.9 Å². The van der Waals surface area contributed by atoms with Crippen LogP contribution in [0.4, 0.5) is 0 Å². The van der Waals surface area contributed by atoms with Gasteiger partial charge in [-0.25, -0.2) is 0 Å².